The number of anilines is 1. The number of aromatic nitrogens is 2. The molecule has 0 aliphatic heterocycles. The molecule has 1 aliphatic rings. The molecule has 2 atom stereocenters. The Morgan fingerprint density at radius 1 is 1.27 bits per heavy atom. The van der Waals surface area contributed by atoms with Gasteiger partial charge in [-0.05, 0) is 30.9 Å². The normalized spacial score (nSPS) is 26.3. The molecule has 1 fully saturated rings. The zero-order chi connectivity index (χ0) is 10.7. The Morgan fingerprint density at radius 2 is 2.07 bits per heavy atom. The van der Waals surface area contributed by atoms with E-state index in [1.54, 1.807) is 6.07 Å². The average molecular weight is 226 g/mol. The Bertz CT molecular complexity index is 312. The molecule has 1 N–H and O–H groups in total. The van der Waals surface area contributed by atoms with Crippen LogP contribution in [0.4, 0.5) is 5.82 Å². The second-order valence-electron chi connectivity index (χ2n) is 4.25. The molecule has 1 saturated carbocycles. The highest BCUT2D eigenvalue weighted by Crippen LogP contribution is 2.26. The smallest absolute Gasteiger partial charge is 0.151 e. The minimum atomic E-state index is 0.442. The molecule has 0 saturated heterocycles. The highest BCUT2D eigenvalue weighted by atomic mass is 35.5. The third-order valence-corrected chi connectivity index (χ3v) is 3.28. The number of rotatable bonds is 2. The lowest BCUT2D eigenvalue weighted by Gasteiger charge is -2.29. The molecule has 1 aliphatic carbocycles. The fourth-order valence-corrected chi connectivity index (χ4v) is 2.21. The van der Waals surface area contributed by atoms with E-state index in [1.807, 2.05) is 6.07 Å². The molecule has 0 unspecified atom stereocenters. The second-order valence-corrected chi connectivity index (χ2v) is 4.64. The van der Waals surface area contributed by atoms with E-state index in [1.165, 1.54) is 25.7 Å². The molecule has 0 aromatic carbocycles. The lowest BCUT2D eigenvalue weighted by Crippen LogP contribution is -2.30. The molecule has 1 aromatic heterocycles. The fraction of sp³-hybridized carbons (Fsp3) is 0.636. The van der Waals surface area contributed by atoms with Crippen molar-refractivity contribution < 1.29 is 0 Å². The Balaban J connectivity index is 1.98. The molecule has 0 amide bonds. The van der Waals surface area contributed by atoms with E-state index < -0.39 is 0 Å². The van der Waals surface area contributed by atoms with Gasteiger partial charge in [-0.15, -0.1) is 10.2 Å². The first-order valence-corrected chi connectivity index (χ1v) is 5.89. The first-order valence-electron chi connectivity index (χ1n) is 5.51. The van der Waals surface area contributed by atoms with E-state index in [0.29, 0.717) is 11.2 Å². The first kappa shape index (κ1) is 10.7. The van der Waals surface area contributed by atoms with Crippen molar-refractivity contribution in [1.29, 1.82) is 0 Å². The molecule has 15 heavy (non-hydrogen) atoms. The van der Waals surface area contributed by atoms with Gasteiger partial charge < -0.3 is 5.32 Å². The maximum absolute atomic E-state index is 5.68. The summed E-state index contributed by atoms with van der Waals surface area (Å²) in [4.78, 5) is 0. The van der Waals surface area contributed by atoms with Gasteiger partial charge in [0.25, 0.3) is 0 Å². The lowest BCUT2D eigenvalue weighted by atomic mass is 9.86. The molecule has 82 valence electrons. The van der Waals surface area contributed by atoms with E-state index in [2.05, 4.69) is 22.4 Å². The topological polar surface area (TPSA) is 37.8 Å². The molecule has 0 bridgehead atoms. The molecule has 2 rings (SSSR count). The Hall–Kier alpha value is -0.830. The molecule has 4 heteroatoms. The van der Waals surface area contributed by atoms with Crippen LogP contribution in [-0.4, -0.2) is 16.2 Å². The van der Waals surface area contributed by atoms with Crippen LogP contribution in [0, 0.1) is 5.92 Å². The zero-order valence-electron chi connectivity index (χ0n) is 8.91. The average Bonchev–Trinajstić information content (AvgIpc) is 2.25. The van der Waals surface area contributed by atoms with Gasteiger partial charge in [-0.2, -0.15) is 0 Å². The molecule has 1 heterocycles. The summed E-state index contributed by atoms with van der Waals surface area (Å²) in [7, 11) is 0. The SMILES string of the molecule is C[C@@H]1CCCC[C@H]1Nc1ccc(Cl)nn1. The maximum Gasteiger partial charge on any atom is 0.151 e. The predicted octanol–water partition coefficient (Wildman–Crippen LogP) is 3.12. The van der Waals surface area contributed by atoms with Gasteiger partial charge in [-0.1, -0.05) is 31.4 Å². The number of hydrogen-bond donors (Lipinski definition) is 1. The van der Waals surface area contributed by atoms with Crippen molar-refractivity contribution >= 4 is 17.4 Å². The zero-order valence-corrected chi connectivity index (χ0v) is 9.67. The summed E-state index contributed by atoms with van der Waals surface area (Å²) in [5.41, 5.74) is 0. The van der Waals surface area contributed by atoms with Crippen LogP contribution in [0.1, 0.15) is 32.6 Å². The van der Waals surface area contributed by atoms with Crippen LogP contribution in [0.3, 0.4) is 0 Å². The summed E-state index contributed by atoms with van der Waals surface area (Å²) >= 11 is 5.68. The Kier molecular flexibility index (Phi) is 3.41. The third-order valence-electron chi connectivity index (χ3n) is 3.08. The van der Waals surface area contributed by atoms with Crippen molar-refractivity contribution in [1.82, 2.24) is 10.2 Å². The van der Waals surface area contributed by atoms with Crippen LogP contribution in [0.15, 0.2) is 12.1 Å². The quantitative estimate of drug-likeness (QED) is 0.841. The molecule has 0 spiro atoms. The van der Waals surface area contributed by atoms with Crippen LogP contribution in [0.2, 0.25) is 5.15 Å². The van der Waals surface area contributed by atoms with Gasteiger partial charge in [0.2, 0.25) is 0 Å². The highest BCUT2D eigenvalue weighted by Gasteiger charge is 2.21. The van der Waals surface area contributed by atoms with Crippen LogP contribution in [-0.2, 0) is 0 Å². The van der Waals surface area contributed by atoms with Crippen LogP contribution in [0.25, 0.3) is 0 Å². The Morgan fingerprint density at radius 3 is 2.73 bits per heavy atom. The summed E-state index contributed by atoms with van der Waals surface area (Å²) < 4.78 is 0. The summed E-state index contributed by atoms with van der Waals surface area (Å²) in [6.45, 7) is 2.29. The van der Waals surface area contributed by atoms with Crippen molar-refractivity contribution in [2.75, 3.05) is 5.32 Å². The first-order chi connectivity index (χ1) is 7.25. The fourth-order valence-electron chi connectivity index (χ4n) is 2.11. The minimum absolute atomic E-state index is 0.442. The molecule has 3 nitrogen and oxygen atoms in total. The number of halogens is 1. The van der Waals surface area contributed by atoms with E-state index in [4.69, 9.17) is 11.6 Å². The van der Waals surface area contributed by atoms with Crippen molar-refractivity contribution in [2.45, 2.75) is 38.6 Å². The van der Waals surface area contributed by atoms with Gasteiger partial charge in [-0.3, -0.25) is 0 Å². The van der Waals surface area contributed by atoms with Gasteiger partial charge >= 0.3 is 0 Å². The van der Waals surface area contributed by atoms with Crippen molar-refractivity contribution in [3.63, 3.8) is 0 Å². The standard InChI is InChI=1S/C11H16ClN3/c1-8-4-2-3-5-9(8)13-11-7-6-10(12)14-15-11/h6-9H,2-5H2,1H3,(H,13,15)/t8-,9-/m1/s1. The van der Waals surface area contributed by atoms with Crippen molar-refractivity contribution in [2.24, 2.45) is 5.92 Å². The van der Waals surface area contributed by atoms with Crippen molar-refractivity contribution in [3.05, 3.63) is 17.3 Å². The number of nitrogens with zero attached hydrogens (tertiary/aromatic N) is 2. The summed E-state index contributed by atoms with van der Waals surface area (Å²) in [5.74, 6) is 1.55. The van der Waals surface area contributed by atoms with Gasteiger partial charge in [0, 0.05) is 6.04 Å². The molecule has 1 aromatic rings. The van der Waals surface area contributed by atoms with E-state index in [0.717, 1.165) is 11.7 Å². The predicted molar refractivity (Wildman–Crippen MR) is 62.1 cm³/mol. The van der Waals surface area contributed by atoms with Crippen LogP contribution < -0.4 is 5.32 Å². The van der Waals surface area contributed by atoms with Crippen LogP contribution >= 0.6 is 11.6 Å². The number of hydrogen-bond acceptors (Lipinski definition) is 3. The highest BCUT2D eigenvalue weighted by molar-refractivity contribution is 6.29. The third kappa shape index (κ3) is 2.81. The minimum Gasteiger partial charge on any atom is -0.366 e. The van der Waals surface area contributed by atoms with Gasteiger partial charge in [0.05, 0.1) is 0 Å². The number of nitrogens with one attached hydrogen (secondary N) is 1. The van der Waals surface area contributed by atoms with E-state index >= 15 is 0 Å². The molecular weight excluding hydrogens is 210 g/mol. The van der Waals surface area contributed by atoms with Gasteiger partial charge in [0.1, 0.15) is 5.82 Å². The summed E-state index contributed by atoms with van der Waals surface area (Å²) in [5, 5.41) is 11.7. The second kappa shape index (κ2) is 4.79. The summed E-state index contributed by atoms with van der Waals surface area (Å²) in [6, 6.07) is 4.19. The summed E-state index contributed by atoms with van der Waals surface area (Å²) in [6.07, 6.45) is 5.19. The van der Waals surface area contributed by atoms with E-state index in [-0.39, 0.29) is 0 Å². The van der Waals surface area contributed by atoms with E-state index in [9.17, 15) is 0 Å². The molecular formula is C11H16ClN3. The van der Waals surface area contributed by atoms with Gasteiger partial charge in [0.15, 0.2) is 5.15 Å². The van der Waals surface area contributed by atoms with Crippen molar-refractivity contribution in [3.8, 4) is 0 Å². The molecule has 0 radical (unpaired) electrons. The Labute approximate surface area is 95.2 Å². The maximum atomic E-state index is 5.68. The van der Waals surface area contributed by atoms with Crippen LogP contribution in [0.5, 0.6) is 0 Å². The van der Waals surface area contributed by atoms with Gasteiger partial charge in [-0.25, -0.2) is 0 Å². The lowest BCUT2D eigenvalue weighted by molar-refractivity contribution is 0.349. The largest absolute Gasteiger partial charge is 0.366 e. The monoisotopic (exact) mass is 225 g/mol.